The van der Waals surface area contributed by atoms with E-state index in [9.17, 15) is 18.0 Å². The maximum absolute atomic E-state index is 13.4. The molecular formula is C12H10F3N3O2S. The molecule has 1 saturated carbocycles. The maximum atomic E-state index is 13.4. The number of halogens is 3. The second-order valence-corrected chi connectivity index (χ2v) is 5.75. The predicted octanol–water partition coefficient (Wildman–Crippen LogP) is 2.66. The van der Waals surface area contributed by atoms with Crippen molar-refractivity contribution >= 4 is 28.8 Å². The molecule has 0 saturated heterocycles. The van der Waals surface area contributed by atoms with E-state index in [-0.39, 0.29) is 23.8 Å². The molecule has 1 N–H and O–H groups in total. The third-order valence-corrected chi connectivity index (χ3v) is 4.35. The summed E-state index contributed by atoms with van der Waals surface area (Å²) in [7, 11) is 0. The Kier molecular flexibility index (Phi) is 3.12. The minimum absolute atomic E-state index is 0.0229. The highest BCUT2D eigenvalue weighted by atomic mass is 32.2. The summed E-state index contributed by atoms with van der Waals surface area (Å²) in [6, 6.07) is 1.47. The molecule has 1 fully saturated rings. The SMILES string of the molecule is O=C(O)CSc1nc2cnccc2n1C1(C(F)(F)F)CC1. The van der Waals surface area contributed by atoms with Gasteiger partial charge in [-0.25, -0.2) is 4.98 Å². The molecule has 0 aliphatic heterocycles. The number of alkyl halides is 3. The number of carboxylic acids is 1. The molecule has 0 atom stereocenters. The zero-order valence-electron chi connectivity index (χ0n) is 10.6. The molecule has 21 heavy (non-hydrogen) atoms. The molecule has 1 aliphatic carbocycles. The van der Waals surface area contributed by atoms with Gasteiger partial charge in [-0.05, 0) is 18.9 Å². The lowest BCUT2D eigenvalue weighted by Crippen LogP contribution is -2.35. The number of pyridine rings is 1. The Hall–Kier alpha value is -1.77. The van der Waals surface area contributed by atoms with Crippen LogP contribution in [-0.2, 0) is 10.3 Å². The van der Waals surface area contributed by atoms with Gasteiger partial charge >= 0.3 is 12.1 Å². The van der Waals surface area contributed by atoms with E-state index >= 15 is 0 Å². The Bertz CT molecular complexity index is 709. The maximum Gasteiger partial charge on any atom is 0.412 e. The van der Waals surface area contributed by atoms with Crippen LogP contribution >= 0.6 is 11.8 Å². The monoisotopic (exact) mass is 317 g/mol. The minimum atomic E-state index is -4.40. The second kappa shape index (κ2) is 4.62. The lowest BCUT2D eigenvalue weighted by atomic mass is 10.2. The van der Waals surface area contributed by atoms with E-state index in [4.69, 9.17) is 5.11 Å². The van der Waals surface area contributed by atoms with Crippen molar-refractivity contribution in [1.29, 1.82) is 0 Å². The Morgan fingerprint density at radius 3 is 2.76 bits per heavy atom. The molecule has 0 spiro atoms. The van der Waals surface area contributed by atoms with E-state index in [0.717, 1.165) is 16.3 Å². The summed E-state index contributed by atoms with van der Waals surface area (Å²) < 4.78 is 41.3. The third-order valence-electron chi connectivity index (χ3n) is 3.43. The molecule has 2 aromatic heterocycles. The van der Waals surface area contributed by atoms with Crippen LogP contribution in [0.3, 0.4) is 0 Å². The molecular weight excluding hydrogens is 307 g/mol. The van der Waals surface area contributed by atoms with Gasteiger partial charge in [-0.1, -0.05) is 11.8 Å². The predicted molar refractivity (Wildman–Crippen MR) is 69.2 cm³/mol. The summed E-state index contributed by atoms with van der Waals surface area (Å²) in [6.45, 7) is 0. The fourth-order valence-corrected chi connectivity index (χ4v) is 3.12. The van der Waals surface area contributed by atoms with Gasteiger partial charge in [0.15, 0.2) is 5.16 Å². The van der Waals surface area contributed by atoms with E-state index in [1.165, 1.54) is 18.5 Å². The van der Waals surface area contributed by atoms with Crippen molar-refractivity contribution in [3.05, 3.63) is 18.5 Å². The van der Waals surface area contributed by atoms with E-state index in [1.807, 2.05) is 0 Å². The van der Waals surface area contributed by atoms with Crippen LogP contribution in [0.1, 0.15) is 12.8 Å². The van der Waals surface area contributed by atoms with Gasteiger partial charge in [-0.3, -0.25) is 9.78 Å². The topological polar surface area (TPSA) is 68.0 Å². The normalized spacial score (nSPS) is 17.1. The fourth-order valence-electron chi connectivity index (χ4n) is 2.30. The molecule has 0 unspecified atom stereocenters. The lowest BCUT2D eigenvalue weighted by molar-refractivity contribution is -0.180. The van der Waals surface area contributed by atoms with Crippen LogP contribution in [0.4, 0.5) is 13.2 Å². The summed E-state index contributed by atoms with van der Waals surface area (Å²) in [5.74, 6) is -1.45. The number of carboxylic acid groups (broad SMARTS) is 1. The number of rotatable bonds is 4. The first-order valence-electron chi connectivity index (χ1n) is 6.09. The van der Waals surface area contributed by atoms with Gasteiger partial charge in [-0.2, -0.15) is 13.2 Å². The molecule has 0 aromatic carbocycles. The van der Waals surface area contributed by atoms with Gasteiger partial charge in [0.2, 0.25) is 0 Å². The summed E-state index contributed by atoms with van der Waals surface area (Å²) in [5.41, 5.74) is -1.31. The largest absolute Gasteiger partial charge is 0.481 e. The highest BCUT2D eigenvalue weighted by molar-refractivity contribution is 7.99. The smallest absolute Gasteiger partial charge is 0.412 e. The Balaban J connectivity index is 2.15. The summed E-state index contributed by atoms with van der Waals surface area (Å²) in [6.07, 6.45) is -1.67. The van der Waals surface area contributed by atoms with Crippen molar-refractivity contribution in [3.63, 3.8) is 0 Å². The molecule has 2 heterocycles. The van der Waals surface area contributed by atoms with E-state index in [0.29, 0.717) is 11.0 Å². The molecule has 0 bridgehead atoms. The Morgan fingerprint density at radius 2 is 2.19 bits per heavy atom. The lowest BCUT2D eigenvalue weighted by Gasteiger charge is -2.23. The third kappa shape index (κ3) is 2.25. The zero-order valence-corrected chi connectivity index (χ0v) is 11.4. The second-order valence-electron chi connectivity index (χ2n) is 4.81. The molecule has 2 aromatic rings. The number of aliphatic carboxylic acids is 1. The quantitative estimate of drug-likeness (QED) is 0.878. The van der Waals surface area contributed by atoms with Crippen LogP contribution in [0.2, 0.25) is 0 Å². The number of nitrogens with zero attached hydrogens (tertiary/aromatic N) is 3. The molecule has 5 nitrogen and oxygen atoms in total. The summed E-state index contributed by atoms with van der Waals surface area (Å²) in [4.78, 5) is 18.6. The van der Waals surface area contributed by atoms with Crippen molar-refractivity contribution in [1.82, 2.24) is 14.5 Å². The molecule has 9 heteroatoms. The van der Waals surface area contributed by atoms with Gasteiger partial charge in [0.1, 0.15) is 11.1 Å². The van der Waals surface area contributed by atoms with Gasteiger partial charge < -0.3 is 9.67 Å². The highest BCUT2D eigenvalue weighted by Crippen LogP contribution is 2.57. The minimum Gasteiger partial charge on any atom is -0.481 e. The zero-order chi connectivity index (χ0) is 15.3. The molecule has 0 amide bonds. The first-order chi connectivity index (χ1) is 9.85. The first-order valence-corrected chi connectivity index (χ1v) is 7.08. The first kappa shape index (κ1) is 14.2. The number of thioether (sulfide) groups is 1. The molecule has 1 aliphatic rings. The van der Waals surface area contributed by atoms with Crippen molar-refractivity contribution < 1.29 is 23.1 Å². The van der Waals surface area contributed by atoms with Gasteiger partial charge in [0.05, 0.1) is 17.5 Å². The van der Waals surface area contributed by atoms with Gasteiger partial charge in [0.25, 0.3) is 0 Å². The average Bonchev–Trinajstić information content (AvgIpc) is 3.12. The number of fused-ring (bicyclic) bond motifs is 1. The summed E-state index contributed by atoms with van der Waals surface area (Å²) >= 11 is 0.788. The number of carbonyl (C=O) groups is 1. The van der Waals surface area contributed by atoms with Crippen LogP contribution in [0.25, 0.3) is 11.0 Å². The van der Waals surface area contributed by atoms with Crippen LogP contribution < -0.4 is 0 Å². The number of hydrogen-bond acceptors (Lipinski definition) is 4. The van der Waals surface area contributed by atoms with Crippen molar-refractivity contribution in [2.75, 3.05) is 5.75 Å². The van der Waals surface area contributed by atoms with Crippen LogP contribution in [0, 0.1) is 0 Å². The molecule has 112 valence electrons. The van der Waals surface area contributed by atoms with Crippen LogP contribution in [0.15, 0.2) is 23.6 Å². The van der Waals surface area contributed by atoms with Gasteiger partial charge in [0, 0.05) is 6.20 Å². The standard InChI is InChI=1S/C12H10F3N3O2S/c13-12(14,15)11(2-3-11)18-8-1-4-16-5-7(8)17-10(18)21-6-9(19)20/h1,4-5H,2-3,6H2,(H,19,20). The number of aromatic nitrogens is 3. The molecule has 3 rings (SSSR count). The average molecular weight is 317 g/mol. The Labute approximate surface area is 121 Å². The Morgan fingerprint density at radius 1 is 1.48 bits per heavy atom. The van der Waals surface area contributed by atoms with E-state index in [1.54, 1.807) is 0 Å². The van der Waals surface area contributed by atoms with Gasteiger partial charge in [-0.15, -0.1) is 0 Å². The fraction of sp³-hybridized carbons (Fsp3) is 0.417. The number of imidazole rings is 1. The van der Waals surface area contributed by atoms with Crippen molar-refractivity contribution in [3.8, 4) is 0 Å². The molecule has 0 radical (unpaired) electrons. The van der Waals surface area contributed by atoms with E-state index in [2.05, 4.69) is 9.97 Å². The number of hydrogen-bond donors (Lipinski definition) is 1. The van der Waals surface area contributed by atoms with Crippen molar-refractivity contribution in [2.24, 2.45) is 0 Å². The van der Waals surface area contributed by atoms with Crippen molar-refractivity contribution in [2.45, 2.75) is 29.7 Å². The van der Waals surface area contributed by atoms with E-state index < -0.39 is 17.7 Å². The van der Waals surface area contributed by atoms with Crippen LogP contribution in [-0.4, -0.2) is 37.5 Å². The summed E-state index contributed by atoms with van der Waals surface area (Å²) in [5, 5.41) is 8.79. The van der Waals surface area contributed by atoms with Crippen LogP contribution in [0.5, 0.6) is 0 Å². The highest BCUT2D eigenvalue weighted by Gasteiger charge is 2.66.